The van der Waals surface area contributed by atoms with Crippen molar-refractivity contribution in [3.05, 3.63) is 119 Å². The number of ether oxygens (including phenoxy) is 1. The van der Waals surface area contributed by atoms with Crippen LogP contribution in [0.25, 0.3) is 33.3 Å². The van der Waals surface area contributed by atoms with E-state index in [9.17, 15) is 0 Å². The van der Waals surface area contributed by atoms with E-state index in [0.29, 0.717) is 29.6 Å². The number of para-hydroxylation sites is 1. The van der Waals surface area contributed by atoms with Gasteiger partial charge in [0, 0.05) is 40.6 Å². The topological polar surface area (TPSA) is 44.9 Å². The van der Waals surface area contributed by atoms with E-state index < -0.39 is 0 Å². The molecule has 0 saturated heterocycles. The number of nitrogens with zero attached hydrogens (tertiary/aromatic N) is 4. The molecule has 0 amide bonds. The van der Waals surface area contributed by atoms with Gasteiger partial charge >= 0.3 is 0 Å². The maximum atomic E-state index is 6.79. The number of allylic oxidation sites excluding steroid dienone is 2. The molecule has 0 aliphatic heterocycles. The maximum absolute atomic E-state index is 6.79. The fourth-order valence-electron chi connectivity index (χ4n) is 7.96. The van der Waals surface area contributed by atoms with Gasteiger partial charge < -0.3 is 4.74 Å². The highest BCUT2D eigenvalue weighted by molar-refractivity contribution is 6.09. The number of aryl methyl sites for hydroxylation is 1. The van der Waals surface area contributed by atoms with Crippen LogP contribution >= 0.6 is 0 Å². The predicted octanol–water partition coefficient (Wildman–Crippen LogP) is 12.3. The summed E-state index contributed by atoms with van der Waals surface area (Å²) in [6.45, 7) is 20.4. The Balaban J connectivity index is 1.35. The monoisotopic (exact) mass is 650 g/mol. The molecule has 3 aromatic carbocycles. The van der Waals surface area contributed by atoms with Crippen LogP contribution in [0.1, 0.15) is 120 Å². The van der Waals surface area contributed by atoms with Crippen LogP contribution < -0.4 is 4.74 Å². The summed E-state index contributed by atoms with van der Waals surface area (Å²) in [5.74, 6) is 4.57. The molecule has 0 bridgehead atoms. The molecule has 3 heterocycles. The van der Waals surface area contributed by atoms with Crippen molar-refractivity contribution in [2.24, 2.45) is 5.92 Å². The Labute approximate surface area is 291 Å². The van der Waals surface area contributed by atoms with Crippen molar-refractivity contribution in [2.75, 3.05) is 0 Å². The molecule has 0 radical (unpaired) electrons. The molecule has 3 aromatic heterocycles. The molecule has 2 atom stereocenters. The van der Waals surface area contributed by atoms with Gasteiger partial charge in [-0.2, -0.15) is 5.10 Å². The minimum Gasteiger partial charge on any atom is -0.457 e. The van der Waals surface area contributed by atoms with E-state index >= 15 is 0 Å². The van der Waals surface area contributed by atoms with Crippen LogP contribution in [0.5, 0.6) is 11.5 Å². The fraction of sp³-hybridized carbons (Fsp3) is 0.364. The molecule has 1 aliphatic rings. The van der Waals surface area contributed by atoms with Crippen molar-refractivity contribution in [3.8, 4) is 23.0 Å². The zero-order valence-corrected chi connectivity index (χ0v) is 30.6. The lowest BCUT2D eigenvalue weighted by atomic mass is 9.74. The Hall–Kier alpha value is -4.64. The van der Waals surface area contributed by atoms with Gasteiger partial charge in [0.25, 0.3) is 0 Å². The summed E-state index contributed by atoms with van der Waals surface area (Å²) in [4.78, 5) is 4.84. The van der Waals surface area contributed by atoms with E-state index in [1.807, 2.05) is 6.20 Å². The Bertz CT molecular complexity index is 2190. The third-order valence-electron chi connectivity index (χ3n) is 10.5. The summed E-state index contributed by atoms with van der Waals surface area (Å²) in [5, 5.41) is 7.63. The molecule has 0 N–H and O–H groups in total. The first-order chi connectivity index (χ1) is 23.5. The normalized spacial score (nSPS) is 16.8. The smallest absolute Gasteiger partial charge is 0.137 e. The lowest BCUT2D eigenvalue weighted by Crippen LogP contribution is -2.18. The summed E-state index contributed by atoms with van der Waals surface area (Å²) >= 11 is 0. The lowest BCUT2D eigenvalue weighted by molar-refractivity contribution is 0.445. The highest BCUT2D eigenvalue weighted by Crippen LogP contribution is 2.44. The van der Waals surface area contributed by atoms with Crippen molar-refractivity contribution >= 4 is 21.8 Å². The lowest BCUT2D eigenvalue weighted by Gasteiger charge is -2.30. The molecule has 1 unspecified atom stereocenters. The number of fused-ring (bicyclic) bond motifs is 3. The molecule has 49 heavy (non-hydrogen) atoms. The zero-order valence-electron chi connectivity index (χ0n) is 30.6. The van der Waals surface area contributed by atoms with Gasteiger partial charge in [0.2, 0.25) is 0 Å². The van der Waals surface area contributed by atoms with Crippen molar-refractivity contribution in [1.29, 1.82) is 0 Å². The number of hydrogen-bond donors (Lipinski definition) is 0. The average molecular weight is 651 g/mol. The SMILES string of the molecule is CC1=CCCC(C)[C@H]1c1c(C)nn(-c2cc(Oc3ccc4c5ccccc5n(-c5cc(C(C)C)ccn5)c4c3)cc(C(C)C)c2)c1C(C)C. The number of hydrogen-bond acceptors (Lipinski definition) is 3. The molecule has 5 heteroatoms. The van der Waals surface area contributed by atoms with E-state index in [1.165, 1.54) is 45.2 Å². The van der Waals surface area contributed by atoms with E-state index in [0.717, 1.165) is 46.2 Å². The van der Waals surface area contributed by atoms with Crippen molar-refractivity contribution in [2.45, 2.75) is 98.8 Å². The van der Waals surface area contributed by atoms with Crippen LogP contribution in [-0.4, -0.2) is 19.3 Å². The average Bonchev–Trinajstić information content (AvgIpc) is 3.59. The first-order valence-electron chi connectivity index (χ1n) is 18.1. The summed E-state index contributed by atoms with van der Waals surface area (Å²) in [5.41, 5.74) is 11.1. The van der Waals surface area contributed by atoms with Gasteiger partial charge in [0.05, 0.1) is 28.1 Å². The minimum atomic E-state index is 0.317. The predicted molar refractivity (Wildman–Crippen MR) is 204 cm³/mol. The van der Waals surface area contributed by atoms with Gasteiger partial charge in [-0.3, -0.25) is 4.57 Å². The Morgan fingerprint density at radius 3 is 2.24 bits per heavy atom. The molecule has 252 valence electrons. The highest BCUT2D eigenvalue weighted by atomic mass is 16.5. The molecule has 0 saturated carbocycles. The highest BCUT2D eigenvalue weighted by Gasteiger charge is 2.32. The largest absolute Gasteiger partial charge is 0.457 e. The van der Waals surface area contributed by atoms with E-state index in [4.69, 9.17) is 14.8 Å². The molecule has 1 aliphatic carbocycles. The number of pyridine rings is 1. The second-order valence-corrected chi connectivity index (χ2v) is 15.1. The third-order valence-corrected chi connectivity index (χ3v) is 10.5. The van der Waals surface area contributed by atoms with Crippen LogP contribution in [0.3, 0.4) is 0 Å². The van der Waals surface area contributed by atoms with Crippen molar-refractivity contribution in [1.82, 2.24) is 19.3 Å². The Morgan fingerprint density at radius 2 is 1.51 bits per heavy atom. The van der Waals surface area contributed by atoms with Gasteiger partial charge in [0.15, 0.2) is 0 Å². The van der Waals surface area contributed by atoms with Crippen LogP contribution in [0.15, 0.2) is 90.6 Å². The third kappa shape index (κ3) is 5.98. The molecule has 6 aromatic rings. The molecular weight excluding hydrogens is 601 g/mol. The van der Waals surface area contributed by atoms with Gasteiger partial charge in [-0.15, -0.1) is 0 Å². The van der Waals surface area contributed by atoms with Gasteiger partial charge in [0.1, 0.15) is 17.3 Å². The van der Waals surface area contributed by atoms with E-state index in [2.05, 4.69) is 150 Å². The van der Waals surface area contributed by atoms with Crippen molar-refractivity contribution in [3.63, 3.8) is 0 Å². The summed E-state index contributed by atoms with van der Waals surface area (Å²) in [7, 11) is 0. The van der Waals surface area contributed by atoms with Crippen molar-refractivity contribution < 1.29 is 4.74 Å². The fourth-order valence-corrected chi connectivity index (χ4v) is 7.96. The second kappa shape index (κ2) is 13.0. The standard InChI is InChI=1S/C44H50N4O/c1-26(2)32-19-20-45-41(23-32)47-39-16-11-10-15-37(39)38-18-17-35(25-40(38)47)49-36-22-33(27(3)4)21-34(24-36)48-44(28(5)6)43(31(9)46-48)42-29(7)13-12-14-30(42)8/h10-11,13,15-28,30,42H,12,14H2,1-9H3/t30?,42-/m0/s1. The van der Waals surface area contributed by atoms with Crippen LogP contribution in [0, 0.1) is 12.8 Å². The molecule has 7 rings (SSSR count). The number of aromatic nitrogens is 4. The van der Waals surface area contributed by atoms with Crippen LogP contribution in [0.4, 0.5) is 0 Å². The first kappa shape index (κ1) is 32.9. The second-order valence-electron chi connectivity index (χ2n) is 15.1. The summed E-state index contributed by atoms with van der Waals surface area (Å²) in [6, 6.07) is 26.0. The summed E-state index contributed by atoms with van der Waals surface area (Å²) < 4.78 is 11.3. The maximum Gasteiger partial charge on any atom is 0.137 e. The number of rotatable bonds is 8. The Morgan fingerprint density at radius 1 is 0.755 bits per heavy atom. The molecule has 5 nitrogen and oxygen atoms in total. The van der Waals surface area contributed by atoms with Gasteiger partial charge in [-0.05, 0) is 104 Å². The first-order valence-corrected chi connectivity index (χ1v) is 18.1. The Kier molecular flexibility index (Phi) is 8.73. The molecular formula is C44H50N4O. The summed E-state index contributed by atoms with van der Waals surface area (Å²) in [6.07, 6.45) is 6.74. The van der Waals surface area contributed by atoms with E-state index in [1.54, 1.807) is 0 Å². The van der Waals surface area contributed by atoms with E-state index in [-0.39, 0.29) is 0 Å². The molecule has 0 fully saturated rings. The molecule has 0 spiro atoms. The van der Waals surface area contributed by atoms with Crippen LogP contribution in [-0.2, 0) is 0 Å². The minimum absolute atomic E-state index is 0.317. The van der Waals surface area contributed by atoms with Crippen LogP contribution in [0.2, 0.25) is 0 Å². The number of benzene rings is 3. The van der Waals surface area contributed by atoms with Gasteiger partial charge in [-0.1, -0.05) is 78.3 Å². The van der Waals surface area contributed by atoms with Gasteiger partial charge in [-0.25, -0.2) is 9.67 Å². The zero-order chi connectivity index (χ0) is 34.6. The quantitative estimate of drug-likeness (QED) is 0.154.